The van der Waals surface area contributed by atoms with Gasteiger partial charge in [-0.15, -0.1) is 0 Å². The Morgan fingerprint density at radius 2 is 1.67 bits per heavy atom. The Morgan fingerprint density at radius 1 is 1.00 bits per heavy atom. The van der Waals surface area contributed by atoms with Gasteiger partial charge in [-0.25, -0.2) is 0 Å². The van der Waals surface area contributed by atoms with Crippen molar-refractivity contribution in [3.8, 4) is 11.3 Å². The fraction of sp³-hybridized carbons (Fsp3) is 0.286. The number of benzene rings is 2. The quantitative estimate of drug-likeness (QED) is 0.745. The van der Waals surface area contributed by atoms with Gasteiger partial charge in [-0.05, 0) is 22.6 Å². The Kier molecular flexibility index (Phi) is 4.54. The number of aromatic amines is 1. The highest BCUT2D eigenvalue weighted by molar-refractivity contribution is 5.59. The molecule has 0 amide bonds. The number of hydrogen-bond acceptors (Lipinski definition) is 2. The first kappa shape index (κ1) is 16.5. The molecule has 2 aromatic carbocycles. The van der Waals surface area contributed by atoms with Crippen molar-refractivity contribution in [2.24, 2.45) is 5.73 Å². The molecule has 0 fully saturated rings. The first-order valence-corrected chi connectivity index (χ1v) is 8.40. The molecule has 0 aliphatic carbocycles. The fourth-order valence-corrected chi connectivity index (χ4v) is 2.93. The Bertz CT molecular complexity index is 780. The van der Waals surface area contributed by atoms with Gasteiger partial charge in [0.25, 0.3) is 0 Å². The highest BCUT2D eigenvalue weighted by Gasteiger charge is 2.18. The number of rotatable bonds is 4. The van der Waals surface area contributed by atoms with Crippen LogP contribution in [0.2, 0.25) is 0 Å². The van der Waals surface area contributed by atoms with E-state index in [4.69, 9.17) is 5.73 Å². The lowest BCUT2D eigenvalue weighted by molar-refractivity contribution is 0.589. The van der Waals surface area contributed by atoms with Gasteiger partial charge in [0, 0.05) is 23.7 Å². The number of nitrogens with one attached hydrogen (secondary N) is 1. The van der Waals surface area contributed by atoms with Crippen molar-refractivity contribution in [2.45, 2.75) is 32.1 Å². The minimum Gasteiger partial charge on any atom is -0.329 e. The molecule has 1 atom stereocenters. The second-order valence-electron chi connectivity index (χ2n) is 7.23. The van der Waals surface area contributed by atoms with Crippen molar-refractivity contribution in [1.82, 2.24) is 10.2 Å². The monoisotopic (exact) mass is 319 g/mol. The van der Waals surface area contributed by atoms with Crippen LogP contribution in [0.25, 0.3) is 11.3 Å². The summed E-state index contributed by atoms with van der Waals surface area (Å²) in [5.74, 6) is 0.129. The number of H-pyrrole nitrogens is 1. The van der Waals surface area contributed by atoms with Crippen LogP contribution in [0.4, 0.5) is 0 Å². The summed E-state index contributed by atoms with van der Waals surface area (Å²) in [6.07, 6.45) is 0. The summed E-state index contributed by atoms with van der Waals surface area (Å²) in [7, 11) is 0. The molecule has 1 unspecified atom stereocenters. The lowest BCUT2D eigenvalue weighted by atomic mass is 9.85. The third-order valence-electron chi connectivity index (χ3n) is 4.46. The van der Waals surface area contributed by atoms with E-state index in [1.165, 1.54) is 11.1 Å². The lowest BCUT2D eigenvalue weighted by Crippen LogP contribution is -2.15. The van der Waals surface area contributed by atoms with Crippen LogP contribution in [0.3, 0.4) is 0 Å². The predicted octanol–water partition coefficient (Wildman–Crippen LogP) is 4.46. The zero-order valence-electron chi connectivity index (χ0n) is 14.6. The van der Waals surface area contributed by atoms with Crippen LogP contribution < -0.4 is 5.73 Å². The van der Waals surface area contributed by atoms with Crippen molar-refractivity contribution in [2.75, 3.05) is 6.54 Å². The summed E-state index contributed by atoms with van der Waals surface area (Å²) in [6, 6.07) is 21.1. The van der Waals surface area contributed by atoms with Crippen molar-refractivity contribution in [3.05, 3.63) is 77.5 Å². The average Bonchev–Trinajstić information content (AvgIpc) is 3.06. The zero-order chi connectivity index (χ0) is 17.2. The van der Waals surface area contributed by atoms with Crippen molar-refractivity contribution < 1.29 is 0 Å². The van der Waals surface area contributed by atoms with E-state index in [9.17, 15) is 0 Å². The van der Waals surface area contributed by atoms with Crippen LogP contribution >= 0.6 is 0 Å². The number of hydrogen-bond donors (Lipinski definition) is 2. The molecular weight excluding hydrogens is 294 g/mol. The highest BCUT2D eigenvalue weighted by Crippen LogP contribution is 2.28. The minimum atomic E-state index is 0.129. The Balaban J connectivity index is 1.88. The van der Waals surface area contributed by atoms with Crippen LogP contribution in [0.5, 0.6) is 0 Å². The van der Waals surface area contributed by atoms with E-state index in [0.29, 0.717) is 6.54 Å². The molecule has 0 aliphatic heterocycles. The van der Waals surface area contributed by atoms with Gasteiger partial charge >= 0.3 is 0 Å². The summed E-state index contributed by atoms with van der Waals surface area (Å²) in [4.78, 5) is 0. The summed E-state index contributed by atoms with van der Waals surface area (Å²) < 4.78 is 0. The van der Waals surface area contributed by atoms with E-state index in [0.717, 1.165) is 17.0 Å². The van der Waals surface area contributed by atoms with E-state index < -0.39 is 0 Å². The molecule has 3 N–H and O–H groups in total. The minimum absolute atomic E-state index is 0.129. The van der Waals surface area contributed by atoms with Crippen molar-refractivity contribution in [1.29, 1.82) is 0 Å². The molecule has 0 aliphatic rings. The topological polar surface area (TPSA) is 54.7 Å². The van der Waals surface area contributed by atoms with Gasteiger partial charge in [-0.3, -0.25) is 5.10 Å². The second-order valence-corrected chi connectivity index (χ2v) is 7.23. The van der Waals surface area contributed by atoms with E-state index in [1.54, 1.807) is 0 Å². The third kappa shape index (κ3) is 3.41. The van der Waals surface area contributed by atoms with Crippen LogP contribution in [0.15, 0.2) is 60.7 Å². The molecule has 3 rings (SSSR count). The predicted molar refractivity (Wildman–Crippen MR) is 100 cm³/mol. The van der Waals surface area contributed by atoms with Gasteiger partial charge in [-0.1, -0.05) is 75.4 Å². The molecule has 3 heteroatoms. The molecule has 0 saturated carbocycles. The molecule has 24 heavy (non-hydrogen) atoms. The molecule has 1 heterocycles. The average molecular weight is 319 g/mol. The van der Waals surface area contributed by atoms with E-state index in [2.05, 4.69) is 73.4 Å². The lowest BCUT2D eigenvalue weighted by Gasteiger charge is -2.20. The van der Waals surface area contributed by atoms with Crippen LogP contribution in [-0.2, 0) is 5.41 Å². The van der Waals surface area contributed by atoms with E-state index in [-0.39, 0.29) is 11.3 Å². The SMILES string of the molecule is CC(C)(C)c1ccc(C(CN)c2cc(-c3ccccc3)n[nH]2)cc1. The summed E-state index contributed by atoms with van der Waals surface area (Å²) in [6.45, 7) is 7.22. The molecule has 3 aromatic rings. The normalized spacial score (nSPS) is 13.0. The summed E-state index contributed by atoms with van der Waals surface area (Å²) >= 11 is 0. The third-order valence-corrected chi connectivity index (χ3v) is 4.46. The Labute approximate surface area is 143 Å². The maximum Gasteiger partial charge on any atom is 0.0923 e. The molecule has 124 valence electrons. The summed E-state index contributed by atoms with van der Waals surface area (Å²) in [5, 5.41) is 7.63. The maximum atomic E-state index is 6.06. The molecular formula is C21H25N3. The fourth-order valence-electron chi connectivity index (χ4n) is 2.93. The van der Waals surface area contributed by atoms with Crippen molar-refractivity contribution >= 4 is 0 Å². The van der Waals surface area contributed by atoms with Gasteiger partial charge in [0.2, 0.25) is 0 Å². The standard InChI is InChI=1S/C21H25N3/c1-21(2,3)17-11-9-15(10-12-17)18(14-22)20-13-19(23-24-20)16-7-5-4-6-8-16/h4-13,18H,14,22H2,1-3H3,(H,23,24). The Hall–Kier alpha value is -2.39. The van der Waals surface area contributed by atoms with Gasteiger partial charge in [0.15, 0.2) is 0 Å². The zero-order valence-corrected chi connectivity index (χ0v) is 14.6. The van der Waals surface area contributed by atoms with E-state index in [1.807, 2.05) is 18.2 Å². The molecule has 0 saturated heterocycles. The van der Waals surface area contributed by atoms with Crippen molar-refractivity contribution in [3.63, 3.8) is 0 Å². The smallest absolute Gasteiger partial charge is 0.0923 e. The first-order valence-electron chi connectivity index (χ1n) is 8.40. The van der Waals surface area contributed by atoms with Gasteiger partial charge in [-0.2, -0.15) is 5.10 Å². The largest absolute Gasteiger partial charge is 0.329 e. The van der Waals surface area contributed by atoms with Gasteiger partial charge in [0.05, 0.1) is 5.69 Å². The van der Waals surface area contributed by atoms with E-state index >= 15 is 0 Å². The van der Waals surface area contributed by atoms with Gasteiger partial charge in [0.1, 0.15) is 0 Å². The van der Waals surface area contributed by atoms with Gasteiger partial charge < -0.3 is 5.73 Å². The summed E-state index contributed by atoms with van der Waals surface area (Å²) in [5.41, 5.74) is 11.9. The second kappa shape index (κ2) is 6.62. The van der Waals surface area contributed by atoms with Crippen LogP contribution in [0, 0.1) is 0 Å². The molecule has 0 radical (unpaired) electrons. The Morgan fingerprint density at radius 3 is 2.25 bits per heavy atom. The van der Waals surface area contributed by atoms with Crippen LogP contribution in [-0.4, -0.2) is 16.7 Å². The van der Waals surface area contributed by atoms with Crippen LogP contribution in [0.1, 0.15) is 43.5 Å². The molecule has 1 aromatic heterocycles. The molecule has 0 spiro atoms. The number of aromatic nitrogens is 2. The maximum absolute atomic E-state index is 6.06. The first-order chi connectivity index (χ1) is 11.5. The number of nitrogens with zero attached hydrogens (tertiary/aromatic N) is 1. The molecule has 0 bridgehead atoms. The highest BCUT2D eigenvalue weighted by atomic mass is 15.1. The number of nitrogens with two attached hydrogens (primary N) is 1. The molecule has 3 nitrogen and oxygen atoms in total.